The Morgan fingerprint density at radius 2 is 2.10 bits per heavy atom. The van der Waals surface area contributed by atoms with Gasteiger partial charge in [0, 0.05) is 25.6 Å². The maximum absolute atomic E-state index is 12.8. The third-order valence-corrected chi connectivity index (χ3v) is 3.31. The summed E-state index contributed by atoms with van der Waals surface area (Å²) in [5, 5.41) is 11.3. The Hall–Kier alpha value is -1.76. The number of rotatable bonds is 2. The van der Waals surface area contributed by atoms with Gasteiger partial charge in [-0.3, -0.25) is 0 Å². The van der Waals surface area contributed by atoms with Crippen molar-refractivity contribution in [3.63, 3.8) is 0 Å². The number of hydrogen-bond acceptors (Lipinski definition) is 2. The van der Waals surface area contributed by atoms with Crippen LogP contribution in [0.25, 0.3) is 0 Å². The molecule has 0 bridgehead atoms. The third kappa shape index (κ3) is 3.22. The predicted molar refractivity (Wildman–Crippen MR) is 67.2 cm³/mol. The highest BCUT2D eigenvalue weighted by molar-refractivity contribution is 5.90. The van der Waals surface area contributed by atoms with Gasteiger partial charge in [0.1, 0.15) is 0 Å². The number of aliphatic hydroxyl groups excluding tert-OH is 1. The van der Waals surface area contributed by atoms with Crippen molar-refractivity contribution in [3.05, 3.63) is 29.8 Å². The van der Waals surface area contributed by atoms with Crippen molar-refractivity contribution in [2.24, 2.45) is 5.92 Å². The van der Waals surface area contributed by atoms with Gasteiger partial charge in [-0.2, -0.15) is 13.2 Å². The fourth-order valence-corrected chi connectivity index (χ4v) is 2.20. The Bertz CT molecular complexity index is 491. The molecule has 4 nitrogen and oxygen atoms in total. The molecule has 2 N–H and O–H groups in total. The van der Waals surface area contributed by atoms with Gasteiger partial charge in [-0.05, 0) is 18.6 Å². The first kappa shape index (κ1) is 14.6. The van der Waals surface area contributed by atoms with E-state index in [0.717, 1.165) is 6.07 Å². The number of amides is 2. The van der Waals surface area contributed by atoms with Gasteiger partial charge < -0.3 is 15.3 Å². The number of benzene rings is 1. The van der Waals surface area contributed by atoms with Crippen LogP contribution in [0.1, 0.15) is 12.0 Å². The van der Waals surface area contributed by atoms with Gasteiger partial charge in [0.2, 0.25) is 0 Å². The molecular weight excluding hydrogens is 273 g/mol. The van der Waals surface area contributed by atoms with Gasteiger partial charge in [-0.15, -0.1) is 0 Å². The zero-order valence-electron chi connectivity index (χ0n) is 10.7. The van der Waals surface area contributed by atoms with Gasteiger partial charge >= 0.3 is 12.2 Å². The topological polar surface area (TPSA) is 52.6 Å². The van der Waals surface area contributed by atoms with E-state index in [1.165, 1.54) is 23.1 Å². The minimum Gasteiger partial charge on any atom is -0.396 e. The Kier molecular flexibility index (Phi) is 4.17. The van der Waals surface area contributed by atoms with Crippen molar-refractivity contribution in [1.82, 2.24) is 4.90 Å². The monoisotopic (exact) mass is 288 g/mol. The van der Waals surface area contributed by atoms with Gasteiger partial charge in [-0.25, -0.2) is 4.79 Å². The molecule has 1 saturated heterocycles. The Morgan fingerprint density at radius 1 is 1.40 bits per heavy atom. The van der Waals surface area contributed by atoms with E-state index < -0.39 is 17.8 Å². The second-order valence-electron chi connectivity index (χ2n) is 4.76. The van der Waals surface area contributed by atoms with Gasteiger partial charge in [0.05, 0.1) is 11.3 Å². The molecule has 0 radical (unpaired) electrons. The quantitative estimate of drug-likeness (QED) is 0.878. The first-order valence-corrected chi connectivity index (χ1v) is 6.25. The smallest absolute Gasteiger partial charge is 0.396 e. The van der Waals surface area contributed by atoms with Crippen molar-refractivity contribution in [1.29, 1.82) is 0 Å². The van der Waals surface area contributed by atoms with Gasteiger partial charge in [0.15, 0.2) is 0 Å². The van der Waals surface area contributed by atoms with E-state index >= 15 is 0 Å². The van der Waals surface area contributed by atoms with E-state index in [2.05, 4.69) is 5.32 Å². The Morgan fingerprint density at radius 3 is 2.70 bits per heavy atom. The van der Waals surface area contributed by atoms with Crippen molar-refractivity contribution < 1.29 is 23.1 Å². The predicted octanol–water partition coefficient (Wildman–Crippen LogP) is 2.55. The standard InChI is InChI=1S/C13H15F3N2O2/c14-13(15,16)10-3-1-2-4-11(10)17-12(20)18-6-5-9(7-18)8-19/h1-4,9,19H,5-8H2,(H,17,20). The number of carbonyl (C=O) groups excluding carboxylic acids is 1. The number of nitrogens with one attached hydrogen (secondary N) is 1. The SMILES string of the molecule is O=C(Nc1ccccc1C(F)(F)F)N1CCC(CO)C1. The van der Waals surface area contributed by atoms with Crippen molar-refractivity contribution >= 4 is 11.7 Å². The van der Waals surface area contributed by atoms with Crippen LogP contribution in [0.3, 0.4) is 0 Å². The number of para-hydroxylation sites is 1. The number of aliphatic hydroxyl groups is 1. The van der Waals surface area contributed by atoms with Crippen LogP contribution >= 0.6 is 0 Å². The normalized spacial score (nSPS) is 19.2. The molecule has 1 unspecified atom stereocenters. The molecule has 0 spiro atoms. The van der Waals surface area contributed by atoms with Gasteiger partial charge in [0.25, 0.3) is 0 Å². The van der Waals surface area contributed by atoms with Crippen LogP contribution < -0.4 is 5.32 Å². The average molecular weight is 288 g/mol. The molecule has 7 heteroatoms. The lowest BCUT2D eigenvalue weighted by Crippen LogP contribution is -2.33. The average Bonchev–Trinajstić information content (AvgIpc) is 2.87. The van der Waals surface area contributed by atoms with Crippen LogP contribution in [0, 0.1) is 5.92 Å². The minimum atomic E-state index is -4.51. The number of alkyl halides is 3. The first-order valence-electron chi connectivity index (χ1n) is 6.25. The van der Waals surface area contributed by atoms with E-state index in [4.69, 9.17) is 5.11 Å². The highest BCUT2D eigenvalue weighted by Crippen LogP contribution is 2.34. The number of anilines is 1. The highest BCUT2D eigenvalue weighted by atomic mass is 19.4. The van der Waals surface area contributed by atoms with E-state index in [9.17, 15) is 18.0 Å². The summed E-state index contributed by atoms with van der Waals surface area (Å²) < 4.78 is 38.4. The van der Waals surface area contributed by atoms with Crippen molar-refractivity contribution in [2.45, 2.75) is 12.6 Å². The first-order chi connectivity index (χ1) is 9.41. The summed E-state index contributed by atoms with van der Waals surface area (Å²) >= 11 is 0. The number of hydrogen-bond donors (Lipinski definition) is 2. The summed E-state index contributed by atoms with van der Waals surface area (Å²) in [6.45, 7) is 0.769. The van der Waals surface area contributed by atoms with Crippen LogP contribution in [0.4, 0.5) is 23.7 Å². The molecule has 0 aromatic heterocycles. The molecule has 1 heterocycles. The summed E-state index contributed by atoms with van der Waals surface area (Å²) in [5.41, 5.74) is -1.12. The molecule has 1 aliphatic rings. The van der Waals surface area contributed by atoms with Crippen molar-refractivity contribution in [3.8, 4) is 0 Å². The van der Waals surface area contributed by atoms with E-state index in [-0.39, 0.29) is 18.2 Å². The number of urea groups is 1. The number of carbonyl (C=O) groups is 1. The van der Waals surface area contributed by atoms with E-state index in [1.54, 1.807) is 0 Å². The van der Waals surface area contributed by atoms with Crippen LogP contribution in [0.5, 0.6) is 0 Å². The molecule has 2 amide bonds. The molecule has 1 atom stereocenters. The fraction of sp³-hybridized carbons (Fsp3) is 0.462. The Balaban J connectivity index is 2.09. The number of nitrogens with zero attached hydrogens (tertiary/aromatic N) is 1. The number of halogens is 3. The van der Waals surface area contributed by atoms with Crippen molar-refractivity contribution in [2.75, 3.05) is 25.0 Å². The van der Waals surface area contributed by atoms with Crippen LogP contribution in [0.2, 0.25) is 0 Å². The summed E-state index contributed by atoms with van der Waals surface area (Å²) in [6, 6.07) is 4.29. The fourth-order valence-electron chi connectivity index (χ4n) is 2.20. The van der Waals surface area contributed by atoms with Gasteiger partial charge in [-0.1, -0.05) is 12.1 Å². The molecule has 1 aromatic rings. The van der Waals surface area contributed by atoms with E-state index in [1.807, 2.05) is 0 Å². The molecule has 1 aromatic carbocycles. The third-order valence-electron chi connectivity index (χ3n) is 3.31. The molecule has 1 fully saturated rings. The summed E-state index contributed by atoms with van der Waals surface area (Å²) in [6.07, 6.45) is -3.85. The molecule has 110 valence electrons. The molecule has 20 heavy (non-hydrogen) atoms. The zero-order valence-corrected chi connectivity index (χ0v) is 10.7. The second kappa shape index (κ2) is 5.70. The van der Waals surface area contributed by atoms with E-state index in [0.29, 0.717) is 19.5 Å². The van der Waals surface area contributed by atoms with Crippen LogP contribution in [-0.4, -0.2) is 35.7 Å². The largest absolute Gasteiger partial charge is 0.418 e. The molecular formula is C13H15F3N2O2. The Labute approximate surface area is 114 Å². The summed E-state index contributed by atoms with van der Waals surface area (Å²) in [4.78, 5) is 13.3. The maximum atomic E-state index is 12.8. The van der Waals surface area contributed by atoms with Crippen LogP contribution in [-0.2, 0) is 6.18 Å². The lowest BCUT2D eigenvalue weighted by atomic mass is 10.1. The van der Waals surface area contributed by atoms with Crippen LogP contribution in [0.15, 0.2) is 24.3 Å². The minimum absolute atomic E-state index is 0.00129. The molecule has 1 aliphatic heterocycles. The second-order valence-corrected chi connectivity index (χ2v) is 4.76. The lowest BCUT2D eigenvalue weighted by molar-refractivity contribution is -0.136. The maximum Gasteiger partial charge on any atom is 0.418 e. The molecule has 0 aliphatic carbocycles. The highest BCUT2D eigenvalue weighted by Gasteiger charge is 2.34. The summed E-state index contributed by atoms with van der Waals surface area (Å²) in [5.74, 6) is -0.00129. The molecule has 0 saturated carbocycles. The molecule has 2 rings (SSSR count). The lowest BCUT2D eigenvalue weighted by Gasteiger charge is -2.19. The number of likely N-dealkylation sites (tertiary alicyclic amines) is 1. The summed E-state index contributed by atoms with van der Waals surface area (Å²) in [7, 11) is 0. The zero-order chi connectivity index (χ0) is 14.8.